The zero-order chi connectivity index (χ0) is 21.5. The maximum atomic E-state index is 5.92. The Morgan fingerprint density at radius 2 is 2.03 bits per heavy atom. The second kappa shape index (κ2) is 8.11. The lowest BCUT2D eigenvalue weighted by Gasteiger charge is -2.29. The van der Waals surface area contributed by atoms with Crippen LogP contribution < -0.4 is 19.7 Å². The molecule has 0 spiro atoms. The van der Waals surface area contributed by atoms with Crippen molar-refractivity contribution in [3.63, 3.8) is 0 Å². The lowest BCUT2D eigenvalue weighted by Crippen LogP contribution is -2.31. The molecule has 2 aromatic heterocycles. The van der Waals surface area contributed by atoms with Gasteiger partial charge in [0.15, 0.2) is 16.6 Å². The second-order valence-corrected chi connectivity index (χ2v) is 8.64. The quantitative estimate of drug-likeness (QED) is 0.593. The van der Waals surface area contributed by atoms with E-state index in [1.165, 1.54) is 5.69 Å². The standard InChI is InChI=1S/C24H24N4O3S/c32-24-26-22(18-6-1-2-10-25-18)23(19-7-3-11-27(19)14-17-5-4-12-29-17)28(24)16-8-9-20-21(13-16)31-15-30-20/h1-3,6-11,13,17,22-23H,4-5,12,14-15H2,(H,26,32)/t17-,22-,23-/m1/s1. The number of pyridine rings is 1. The van der Waals surface area contributed by atoms with Crippen LogP contribution in [0.3, 0.4) is 0 Å². The van der Waals surface area contributed by atoms with E-state index in [0.29, 0.717) is 5.11 Å². The number of aromatic nitrogens is 2. The van der Waals surface area contributed by atoms with Crippen LogP contribution in [0.2, 0.25) is 0 Å². The van der Waals surface area contributed by atoms with E-state index in [1.807, 2.05) is 42.6 Å². The van der Waals surface area contributed by atoms with Gasteiger partial charge in [-0.2, -0.15) is 0 Å². The first kappa shape index (κ1) is 19.6. The van der Waals surface area contributed by atoms with Crippen molar-refractivity contribution < 1.29 is 14.2 Å². The molecule has 0 aliphatic carbocycles. The number of nitrogens with one attached hydrogen (secondary N) is 1. The van der Waals surface area contributed by atoms with Gasteiger partial charge in [0.05, 0.1) is 17.8 Å². The molecule has 3 atom stereocenters. The molecule has 7 nitrogen and oxygen atoms in total. The maximum absolute atomic E-state index is 5.92. The highest BCUT2D eigenvalue weighted by atomic mass is 32.1. The summed E-state index contributed by atoms with van der Waals surface area (Å²) < 4.78 is 19.4. The van der Waals surface area contributed by atoms with Crippen LogP contribution in [0.4, 0.5) is 5.69 Å². The molecule has 6 rings (SSSR count). The molecule has 0 radical (unpaired) electrons. The zero-order valence-electron chi connectivity index (χ0n) is 17.5. The van der Waals surface area contributed by atoms with Gasteiger partial charge in [-0.25, -0.2) is 0 Å². The molecule has 0 amide bonds. The highest BCUT2D eigenvalue weighted by Crippen LogP contribution is 2.44. The lowest BCUT2D eigenvalue weighted by molar-refractivity contribution is 0.0961. The third-order valence-electron chi connectivity index (χ3n) is 6.32. The minimum atomic E-state index is -0.0905. The van der Waals surface area contributed by atoms with Crippen molar-refractivity contribution >= 4 is 23.0 Å². The van der Waals surface area contributed by atoms with Crippen molar-refractivity contribution in [2.24, 2.45) is 0 Å². The van der Waals surface area contributed by atoms with E-state index in [-0.39, 0.29) is 25.0 Å². The van der Waals surface area contributed by atoms with Crippen LogP contribution in [0.25, 0.3) is 0 Å². The Hall–Kier alpha value is -3.10. The topological polar surface area (TPSA) is 60.8 Å². The maximum Gasteiger partial charge on any atom is 0.231 e. The third kappa shape index (κ3) is 3.40. The van der Waals surface area contributed by atoms with Gasteiger partial charge in [0.25, 0.3) is 0 Å². The number of fused-ring (bicyclic) bond motifs is 1. The Morgan fingerprint density at radius 3 is 2.88 bits per heavy atom. The Bertz CT molecular complexity index is 1130. The summed E-state index contributed by atoms with van der Waals surface area (Å²) in [5.41, 5.74) is 3.08. The van der Waals surface area contributed by atoms with Crippen LogP contribution in [-0.4, -0.2) is 34.2 Å². The van der Waals surface area contributed by atoms with E-state index < -0.39 is 0 Å². The molecule has 1 N–H and O–H groups in total. The van der Waals surface area contributed by atoms with Crippen molar-refractivity contribution in [3.8, 4) is 11.5 Å². The molecule has 8 heteroatoms. The van der Waals surface area contributed by atoms with Gasteiger partial charge < -0.3 is 29.0 Å². The normalized spacial score (nSPS) is 24.2. The Morgan fingerprint density at radius 1 is 1.09 bits per heavy atom. The summed E-state index contributed by atoms with van der Waals surface area (Å²) >= 11 is 5.85. The second-order valence-electron chi connectivity index (χ2n) is 8.25. The molecule has 164 valence electrons. The molecule has 3 aromatic rings. The molecule has 2 saturated heterocycles. The average Bonchev–Trinajstić information content (AvgIpc) is 3.61. The molecular weight excluding hydrogens is 424 g/mol. The molecule has 0 bridgehead atoms. The highest BCUT2D eigenvalue weighted by Gasteiger charge is 2.42. The molecule has 5 heterocycles. The number of hydrogen-bond donors (Lipinski definition) is 1. The van der Waals surface area contributed by atoms with Crippen LogP contribution in [-0.2, 0) is 11.3 Å². The first-order valence-electron chi connectivity index (χ1n) is 10.9. The van der Waals surface area contributed by atoms with Gasteiger partial charge >= 0.3 is 0 Å². The highest BCUT2D eigenvalue weighted by molar-refractivity contribution is 7.80. The van der Waals surface area contributed by atoms with Crippen LogP contribution in [0.5, 0.6) is 11.5 Å². The average molecular weight is 449 g/mol. The summed E-state index contributed by atoms with van der Waals surface area (Å²) in [5.74, 6) is 1.49. The predicted molar refractivity (Wildman–Crippen MR) is 124 cm³/mol. The number of benzene rings is 1. The molecule has 0 saturated carbocycles. The SMILES string of the molecule is S=C1N[C@H](c2ccccn2)[C@@H](c2cccn2C[C@H]2CCCO2)N1c1ccc2c(c1)OCO2. The minimum Gasteiger partial charge on any atom is -0.454 e. The molecule has 0 unspecified atom stereocenters. The Labute approximate surface area is 191 Å². The lowest BCUT2D eigenvalue weighted by atomic mass is 10.0. The van der Waals surface area contributed by atoms with Crippen molar-refractivity contribution in [1.29, 1.82) is 0 Å². The van der Waals surface area contributed by atoms with Crippen LogP contribution in [0.15, 0.2) is 60.9 Å². The fourth-order valence-corrected chi connectivity index (χ4v) is 5.18. The summed E-state index contributed by atoms with van der Waals surface area (Å²) in [7, 11) is 0. The number of anilines is 1. The number of ether oxygens (including phenoxy) is 3. The Balaban J connectivity index is 1.43. The van der Waals surface area contributed by atoms with Gasteiger partial charge in [-0.15, -0.1) is 0 Å². The van der Waals surface area contributed by atoms with Gasteiger partial charge in [0.2, 0.25) is 6.79 Å². The monoisotopic (exact) mass is 448 g/mol. The van der Waals surface area contributed by atoms with E-state index in [1.54, 1.807) is 0 Å². The molecule has 3 aliphatic rings. The Kier molecular flexibility index (Phi) is 4.96. The smallest absolute Gasteiger partial charge is 0.231 e. The van der Waals surface area contributed by atoms with E-state index in [4.69, 9.17) is 26.4 Å². The number of rotatable bonds is 5. The first-order chi connectivity index (χ1) is 15.8. The van der Waals surface area contributed by atoms with E-state index in [0.717, 1.165) is 48.9 Å². The third-order valence-corrected chi connectivity index (χ3v) is 6.64. The molecule has 3 aliphatic heterocycles. The zero-order valence-corrected chi connectivity index (χ0v) is 18.3. The van der Waals surface area contributed by atoms with Crippen molar-refractivity contribution in [2.45, 2.75) is 37.6 Å². The molecule has 32 heavy (non-hydrogen) atoms. The summed E-state index contributed by atoms with van der Waals surface area (Å²) in [6.07, 6.45) is 6.41. The minimum absolute atomic E-state index is 0.0748. The number of nitrogens with zero attached hydrogens (tertiary/aromatic N) is 3. The summed E-state index contributed by atoms with van der Waals surface area (Å²) in [4.78, 5) is 6.81. The fourth-order valence-electron chi connectivity index (χ4n) is 4.84. The number of thiocarbonyl (C=S) groups is 1. The van der Waals surface area contributed by atoms with Crippen molar-refractivity contribution in [3.05, 3.63) is 72.3 Å². The molecule has 2 fully saturated rings. The molecular formula is C24H24N4O3S. The van der Waals surface area contributed by atoms with E-state index >= 15 is 0 Å². The summed E-state index contributed by atoms with van der Waals surface area (Å²) in [5, 5.41) is 4.19. The largest absolute Gasteiger partial charge is 0.454 e. The van der Waals surface area contributed by atoms with Crippen molar-refractivity contribution in [2.75, 3.05) is 18.3 Å². The van der Waals surface area contributed by atoms with Gasteiger partial charge in [-0.05, 0) is 61.5 Å². The van der Waals surface area contributed by atoms with Crippen LogP contribution >= 0.6 is 12.2 Å². The van der Waals surface area contributed by atoms with Crippen LogP contribution in [0.1, 0.15) is 36.3 Å². The predicted octanol–water partition coefficient (Wildman–Crippen LogP) is 3.97. The van der Waals surface area contributed by atoms with Gasteiger partial charge in [-0.1, -0.05) is 6.07 Å². The number of hydrogen-bond acceptors (Lipinski definition) is 5. The first-order valence-corrected chi connectivity index (χ1v) is 11.4. The van der Waals surface area contributed by atoms with Crippen LogP contribution in [0, 0.1) is 0 Å². The van der Waals surface area contributed by atoms with E-state index in [2.05, 4.69) is 38.1 Å². The fraction of sp³-hybridized carbons (Fsp3) is 0.333. The molecule has 1 aromatic carbocycles. The van der Waals surface area contributed by atoms with Gasteiger partial charge in [-0.3, -0.25) is 4.98 Å². The van der Waals surface area contributed by atoms with E-state index in [9.17, 15) is 0 Å². The van der Waals surface area contributed by atoms with Gasteiger partial charge in [0, 0.05) is 43.0 Å². The summed E-state index contributed by atoms with van der Waals surface area (Å²) in [6, 6.07) is 16.1. The van der Waals surface area contributed by atoms with Gasteiger partial charge in [0.1, 0.15) is 6.04 Å². The van der Waals surface area contributed by atoms with Crippen molar-refractivity contribution in [1.82, 2.24) is 14.9 Å². The summed E-state index contributed by atoms with van der Waals surface area (Å²) in [6.45, 7) is 1.91.